The second kappa shape index (κ2) is 9.68. The molecule has 0 aliphatic carbocycles. The molecule has 3 aromatic rings. The quantitative estimate of drug-likeness (QED) is 0.289. The van der Waals surface area contributed by atoms with Crippen molar-refractivity contribution < 1.29 is 9.53 Å². The van der Waals surface area contributed by atoms with Crippen molar-refractivity contribution in [1.82, 2.24) is 10.4 Å². The number of carbonyl (C=O) groups is 1. The van der Waals surface area contributed by atoms with Crippen molar-refractivity contribution in [2.24, 2.45) is 5.10 Å². The second-order valence-electron chi connectivity index (χ2n) is 5.60. The normalized spacial score (nSPS) is 10.8. The van der Waals surface area contributed by atoms with Crippen LogP contribution in [0.15, 0.2) is 70.4 Å². The molecule has 8 heteroatoms. The zero-order valence-electron chi connectivity index (χ0n) is 14.4. The molecule has 0 radical (unpaired) electrons. The Morgan fingerprint density at radius 1 is 1.18 bits per heavy atom. The van der Waals surface area contributed by atoms with Crippen LogP contribution in [0.25, 0.3) is 0 Å². The third-order valence-electron chi connectivity index (χ3n) is 3.69. The van der Waals surface area contributed by atoms with Gasteiger partial charge < -0.3 is 4.74 Å². The van der Waals surface area contributed by atoms with Crippen LogP contribution >= 0.6 is 39.1 Å². The van der Waals surface area contributed by atoms with Gasteiger partial charge in [0.25, 0.3) is 5.91 Å². The maximum atomic E-state index is 12.2. The predicted octanol–water partition coefficient (Wildman–Crippen LogP) is 5.49. The van der Waals surface area contributed by atoms with Gasteiger partial charge in [-0.05, 0) is 36.4 Å². The molecule has 1 aromatic heterocycles. The third-order valence-corrected chi connectivity index (χ3v) is 4.85. The van der Waals surface area contributed by atoms with Gasteiger partial charge in [0.15, 0.2) is 0 Å². The van der Waals surface area contributed by atoms with Gasteiger partial charge in [-0.3, -0.25) is 4.79 Å². The van der Waals surface area contributed by atoms with Gasteiger partial charge in [-0.15, -0.1) is 0 Å². The zero-order chi connectivity index (χ0) is 19.9. The summed E-state index contributed by atoms with van der Waals surface area (Å²) in [6.07, 6.45) is 3.00. The topological polar surface area (TPSA) is 63.6 Å². The van der Waals surface area contributed by atoms with Gasteiger partial charge in [-0.2, -0.15) is 5.10 Å². The van der Waals surface area contributed by atoms with E-state index in [1.54, 1.807) is 12.1 Å². The molecule has 0 fully saturated rings. The molecule has 0 atom stereocenters. The van der Waals surface area contributed by atoms with Crippen molar-refractivity contribution in [2.45, 2.75) is 6.61 Å². The first-order chi connectivity index (χ1) is 13.5. The number of benzene rings is 2. The van der Waals surface area contributed by atoms with Crippen LogP contribution in [0.4, 0.5) is 0 Å². The van der Waals surface area contributed by atoms with Crippen LogP contribution in [0.2, 0.25) is 10.2 Å². The van der Waals surface area contributed by atoms with E-state index in [0.717, 1.165) is 10.0 Å². The molecule has 0 spiro atoms. The van der Waals surface area contributed by atoms with Crippen molar-refractivity contribution >= 4 is 51.3 Å². The van der Waals surface area contributed by atoms with E-state index < -0.39 is 5.91 Å². The van der Waals surface area contributed by atoms with Crippen molar-refractivity contribution in [3.05, 3.63) is 92.1 Å². The molecule has 28 heavy (non-hydrogen) atoms. The highest BCUT2D eigenvalue weighted by molar-refractivity contribution is 9.10. The summed E-state index contributed by atoms with van der Waals surface area (Å²) in [6.45, 7) is 0.305. The number of ether oxygens (including phenoxy) is 1. The lowest BCUT2D eigenvalue weighted by Gasteiger charge is -2.10. The first kappa shape index (κ1) is 20.3. The number of hydrazone groups is 1. The van der Waals surface area contributed by atoms with Crippen LogP contribution in [0.5, 0.6) is 5.75 Å². The molecule has 0 saturated heterocycles. The van der Waals surface area contributed by atoms with E-state index in [1.807, 2.05) is 42.5 Å². The number of rotatable bonds is 6. The van der Waals surface area contributed by atoms with Gasteiger partial charge in [0.2, 0.25) is 0 Å². The summed E-state index contributed by atoms with van der Waals surface area (Å²) in [5.74, 6) is 0.142. The highest BCUT2D eigenvalue weighted by Crippen LogP contribution is 2.24. The SMILES string of the molecule is O=C(NN=Cc1cc(Br)ccc1OCc1ccccc1Cl)c1cccnc1Cl. The lowest BCUT2D eigenvalue weighted by atomic mass is 10.2. The molecule has 5 nitrogen and oxygen atoms in total. The van der Waals surface area contributed by atoms with Gasteiger partial charge in [-0.1, -0.05) is 57.3 Å². The van der Waals surface area contributed by atoms with E-state index in [0.29, 0.717) is 22.9 Å². The summed E-state index contributed by atoms with van der Waals surface area (Å²) >= 11 is 15.5. The Balaban J connectivity index is 1.72. The number of hydrogen-bond donors (Lipinski definition) is 1. The average molecular weight is 479 g/mol. The maximum Gasteiger partial charge on any atom is 0.274 e. The van der Waals surface area contributed by atoms with Crippen molar-refractivity contribution in [3.63, 3.8) is 0 Å². The molecule has 1 heterocycles. The third kappa shape index (κ3) is 5.32. The molecule has 1 amide bonds. The smallest absolute Gasteiger partial charge is 0.274 e. The Morgan fingerprint density at radius 2 is 2.00 bits per heavy atom. The van der Waals surface area contributed by atoms with E-state index in [2.05, 4.69) is 31.4 Å². The Labute approximate surface area is 180 Å². The molecule has 142 valence electrons. The zero-order valence-corrected chi connectivity index (χ0v) is 17.5. The van der Waals surface area contributed by atoms with Crippen LogP contribution in [0.1, 0.15) is 21.5 Å². The Morgan fingerprint density at radius 3 is 2.79 bits per heavy atom. The Bertz CT molecular complexity index is 1030. The first-order valence-corrected chi connectivity index (χ1v) is 9.69. The average Bonchev–Trinajstić information content (AvgIpc) is 2.69. The number of carbonyl (C=O) groups excluding carboxylic acids is 1. The molecule has 0 bridgehead atoms. The predicted molar refractivity (Wildman–Crippen MR) is 114 cm³/mol. The molecule has 2 aromatic carbocycles. The fourth-order valence-electron chi connectivity index (χ4n) is 2.30. The summed E-state index contributed by atoms with van der Waals surface area (Å²) in [5, 5.41) is 4.74. The molecule has 0 aliphatic heterocycles. The van der Waals surface area contributed by atoms with E-state index in [9.17, 15) is 4.79 Å². The summed E-state index contributed by atoms with van der Waals surface area (Å²) in [5.41, 5.74) is 4.22. The number of halogens is 3. The highest BCUT2D eigenvalue weighted by atomic mass is 79.9. The maximum absolute atomic E-state index is 12.2. The van der Waals surface area contributed by atoms with Crippen LogP contribution in [-0.2, 0) is 6.61 Å². The van der Waals surface area contributed by atoms with Gasteiger partial charge >= 0.3 is 0 Å². The summed E-state index contributed by atoms with van der Waals surface area (Å²) < 4.78 is 6.73. The van der Waals surface area contributed by atoms with Crippen LogP contribution in [0.3, 0.4) is 0 Å². The number of aromatic nitrogens is 1. The minimum Gasteiger partial charge on any atom is -0.488 e. The second-order valence-corrected chi connectivity index (χ2v) is 7.28. The standard InChI is InChI=1S/C20H14BrCl2N3O2/c21-15-7-8-18(28-12-13-4-1-2-6-17(13)22)14(10-15)11-25-26-20(27)16-5-3-9-24-19(16)23/h1-11H,12H2,(H,26,27). The number of amides is 1. The van der Waals surface area contributed by atoms with Crippen molar-refractivity contribution in [1.29, 1.82) is 0 Å². The molecular formula is C20H14BrCl2N3O2. The lowest BCUT2D eigenvalue weighted by Crippen LogP contribution is -2.18. The van der Waals surface area contributed by atoms with E-state index in [1.165, 1.54) is 12.4 Å². The number of nitrogens with zero attached hydrogens (tertiary/aromatic N) is 2. The number of pyridine rings is 1. The highest BCUT2D eigenvalue weighted by Gasteiger charge is 2.10. The van der Waals surface area contributed by atoms with Crippen molar-refractivity contribution in [2.75, 3.05) is 0 Å². The summed E-state index contributed by atoms with van der Waals surface area (Å²) in [6, 6.07) is 16.1. The minimum atomic E-state index is -0.456. The first-order valence-electron chi connectivity index (χ1n) is 8.14. The van der Waals surface area contributed by atoms with E-state index >= 15 is 0 Å². The summed E-state index contributed by atoms with van der Waals surface area (Å²) in [7, 11) is 0. The molecule has 1 N–H and O–H groups in total. The number of nitrogens with one attached hydrogen (secondary N) is 1. The number of hydrogen-bond acceptors (Lipinski definition) is 4. The summed E-state index contributed by atoms with van der Waals surface area (Å²) in [4.78, 5) is 16.0. The molecule has 0 saturated carbocycles. The van der Waals surface area contributed by atoms with Gasteiger partial charge in [-0.25, -0.2) is 10.4 Å². The van der Waals surface area contributed by atoms with E-state index in [-0.39, 0.29) is 10.7 Å². The fraction of sp³-hybridized carbons (Fsp3) is 0.0500. The molecule has 0 aliphatic rings. The molecule has 3 rings (SSSR count). The van der Waals surface area contributed by atoms with Crippen LogP contribution < -0.4 is 10.2 Å². The Kier molecular flexibility index (Phi) is 7.03. The largest absolute Gasteiger partial charge is 0.488 e. The Hall–Kier alpha value is -2.41. The molecular weight excluding hydrogens is 465 g/mol. The van der Waals surface area contributed by atoms with Crippen LogP contribution in [0, 0.1) is 0 Å². The minimum absolute atomic E-state index is 0.112. The molecule has 0 unspecified atom stereocenters. The lowest BCUT2D eigenvalue weighted by molar-refractivity contribution is 0.0955. The van der Waals surface area contributed by atoms with Gasteiger partial charge in [0.05, 0.1) is 11.8 Å². The van der Waals surface area contributed by atoms with Crippen molar-refractivity contribution in [3.8, 4) is 5.75 Å². The van der Waals surface area contributed by atoms with Crippen LogP contribution in [-0.4, -0.2) is 17.1 Å². The van der Waals surface area contributed by atoms with E-state index in [4.69, 9.17) is 27.9 Å². The van der Waals surface area contributed by atoms with Gasteiger partial charge in [0, 0.05) is 26.8 Å². The van der Waals surface area contributed by atoms with Gasteiger partial charge in [0.1, 0.15) is 17.5 Å². The monoisotopic (exact) mass is 477 g/mol. The fourth-order valence-corrected chi connectivity index (χ4v) is 3.07.